The van der Waals surface area contributed by atoms with Crippen molar-refractivity contribution >= 4 is 28.6 Å². The molecule has 198 valence electrons. The smallest absolute Gasteiger partial charge is 0.768 e. The summed E-state index contributed by atoms with van der Waals surface area (Å²) in [6.07, 6.45) is 0. The van der Waals surface area contributed by atoms with Crippen molar-refractivity contribution in [3.63, 3.8) is 0 Å². The Bertz CT molecular complexity index is 1350. The molecule has 0 aliphatic heterocycles. The largest absolute Gasteiger partial charge is 2.00 e. The van der Waals surface area contributed by atoms with E-state index in [1.807, 2.05) is 60.7 Å². The average Bonchev–Trinajstić information content (AvgIpc) is 2.84. The van der Waals surface area contributed by atoms with Crippen LogP contribution in [-0.2, 0) is 30.6 Å². The molecular formula is C30H29ClN2O3RuS. The molecule has 0 saturated carbocycles. The molecule has 0 aromatic heterocycles. The molecule has 1 unspecified atom stereocenters. The van der Waals surface area contributed by atoms with Crippen LogP contribution >= 0.6 is 11.6 Å². The van der Waals surface area contributed by atoms with E-state index in [0.717, 1.165) is 11.1 Å². The van der Waals surface area contributed by atoms with Gasteiger partial charge in [0.05, 0.1) is 10.9 Å². The van der Waals surface area contributed by atoms with Crippen molar-refractivity contribution in [3.05, 3.63) is 141 Å². The molecular weight excluding hydrogens is 605 g/mol. The summed E-state index contributed by atoms with van der Waals surface area (Å²) in [5.74, 6) is -1.54. The zero-order valence-electron chi connectivity index (χ0n) is 21.3. The first-order valence-corrected chi connectivity index (χ1v) is 13.1. The summed E-state index contributed by atoms with van der Waals surface area (Å²) < 4.78 is 23.9. The summed E-state index contributed by atoms with van der Waals surface area (Å²) in [5, 5.41) is -0.109. The number of aryl methyl sites for hydroxylation is 3. The molecule has 0 heterocycles. The maximum Gasteiger partial charge on any atom is 2.00 e. The minimum Gasteiger partial charge on any atom is -0.768 e. The molecule has 0 aliphatic rings. The molecule has 4 aromatic carbocycles. The van der Waals surface area contributed by atoms with E-state index in [2.05, 4.69) is 39.0 Å². The van der Waals surface area contributed by atoms with Crippen LogP contribution in [0.1, 0.15) is 55.7 Å². The number of carbonyl (C=O) groups is 1. The first kappa shape index (κ1) is 31.6. The number of hydrogen-bond acceptors (Lipinski definition) is 4. The van der Waals surface area contributed by atoms with Gasteiger partial charge in [-0.3, -0.25) is 4.21 Å². The Morgan fingerprint density at radius 2 is 1.29 bits per heavy atom. The Balaban J connectivity index is 0.000000430. The first-order valence-electron chi connectivity index (χ1n) is 11.7. The number of benzene rings is 4. The van der Waals surface area contributed by atoms with Crippen LogP contribution in [-0.4, -0.2) is 14.7 Å². The predicted molar refractivity (Wildman–Crippen MR) is 150 cm³/mol. The standard InChI is InChI=1S/C21H19ClN2O3S.C9H12.Ru/c22-17-12-15(21(24)25)11-16(20(17)28(26)27)18(13-7-3-1-4-8-13)19(23)14-9-5-2-6-10-14;1-7-4-8(2)6-9(3)5-7;/h1-12,18-19H,23H2,(H3,24,25,26,27);4-6H,1-3H3;/q;;+2/p-2/t18-,19+;;/m0../s1. The predicted octanol–water partition coefficient (Wildman–Crippen LogP) is 7.21. The van der Waals surface area contributed by atoms with Gasteiger partial charge in [-0.25, -0.2) is 0 Å². The number of nitrogens with two attached hydrogens (primary N) is 1. The number of halogens is 1. The van der Waals surface area contributed by atoms with E-state index in [0.29, 0.717) is 5.56 Å². The van der Waals surface area contributed by atoms with Gasteiger partial charge in [-0.05, 0) is 60.7 Å². The summed E-state index contributed by atoms with van der Waals surface area (Å²) >= 11 is 3.54. The molecule has 0 saturated heterocycles. The Labute approximate surface area is 244 Å². The van der Waals surface area contributed by atoms with Crippen molar-refractivity contribution in [2.24, 2.45) is 5.73 Å². The molecule has 8 heteroatoms. The molecule has 0 aliphatic carbocycles. The van der Waals surface area contributed by atoms with Crippen LogP contribution in [0.15, 0.2) is 95.9 Å². The van der Waals surface area contributed by atoms with E-state index in [1.54, 1.807) is 0 Å². The van der Waals surface area contributed by atoms with E-state index in [1.165, 1.54) is 28.8 Å². The summed E-state index contributed by atoms with van der Waals surface area (Å²) in [7, 11) is 0. The molecule has 38 heavy (non-hydrogen) atoms. The van der Waals surface area contributed by atoms with Crippen LogP contribution in [0, 0.1) is 20.8 Å². The summed E-state index contributed by atoms with van der Waals surface area (Å²) in [4.78, 5) is 11.5. The third-order valence-corrected chi connectivity index (χ3v) is 7.10. The second-order valence-electron chi connectivity index (χ2n) is 8.93. The van der Waals surface area contributed by atoms with Gasteiger partial charge in [0.15, 0.2) is 0 Å². The van der Waals surface area contributed by atoms with Crippen molar-refractivity contribution < 1.29 is 33.0 Å². The Hall–Kier alpha value is -2.67. The van der Waals surface area contributed by atoms with Crippen LogP contribution in [0.4, 0.5) is 0 Å². The fourth-order valence-corrected chi connectivity index (χ4v) is 5.48. The number of nitrogens with one attached hydrogen (secondary N) is 1. The van der Waals surface area contributed by atoms with Gasteiger partial charge in [0.25, 0.3) is 0 Å². The van der Waals surface area contributed by atoms with Gasteiger partial charge < -0.3 is 20.8 Å². The quantitative estimate of drug-likeness (QED) is 0.179. The van der Waals surface area contributed by atoms with E-state index in [-0.39, 0.29) is 35.0 Å². The maximum absolute atomic E-state index is 12.0. The van der Waals surface area contributed by atoms with Gasteiger partial charge in [0, 0.05) is 22.4 Å². The van der Waals surface area contributed by atoms with E-state index >= 15 is 0 Å². The molecule has 0 bridgehead atoms. The van der Waals surface area contributed by atoms with Gasteiger partial charge in [-0.2, -0.15) is 0 Å². The van der Waals surface area contributed by atoms with Crippen molar-refractivity contribution in [2.75, 3.05) is 0 Å². The van der Waals surface area contributed by atoms with Gasteiger partial charge in [0.2, 0.25) is 0 Å². The van der Waals surface area contributed by atoms with E-state index in [4.69, 9.17) is 23.1 Å². The average molecular weight is 634 g/mol. The van der Waals surface area contributed by atoms with Crippen LogP contribution in [0.25, 0.3) is 5.73 Å². The SMILES string of the molecule is Cc1cc(C)cc(C)c1.[NH-]C(=O)c1cc(Cl)c(S(=O)[O-])c([C@H](c2ccccc2)[C@H](N)c2ccccc2)c1.[Ru+2]. The topological polar surface area (TPSA) is 107 Å². The minimum absolute atomic E-state index is 0. The van der Waals surface area contributed by atoms with Crippen LogP contribution < -0.4 is 5.73 Å². The number of amides is 1. The molecule has 4 rings (SSSR count). The number of rotatable bonds is 6. The molecule has 1 amide bonds. The molecule has 4 aromatic rings. The molecule has 3 N–H and O–H groups in total. The van der Waals surface area contributed by atoms with Crippen molar-refractivity contribution in [1.29, 1.82) is 0 Å². The summed E-state index contributed by atoms with van der Waals surface area (Å²) in [5.41, 5.74) is 19.9. The number of carbonyl (C=O) groups excluding carboxylic acids is 1. The fraction of sp³-hybridized carbons (Fsp3) is 0.167. The Morgan fingerprint density at radius 1 is 0.842 bits per heavy atom. The van der Waals surface area contributed by atoms with Crippen molar-refractivity contribution in [3.8, 4) is 0 Å². The second kappa shape index (κ2) is 14.5. The van der Waals surface area contributed by atoms with E-state index < -0.39 is 28.9 Å². The fourth-order valence-electron chi connectivity index (χ4n) is 4.46. The summed E-state index contributed by atoms with van der Waals surface area (Å²) in [6, 6.07) is 27.0. The van der Waals surface area contributed by atoms with Crippen molar-refractivity contribution in [1.82, 2.24) is 0 Å². The van der Waals surface area contributed by atoms with Crippen LogP contribution in [0.2, 0.25) is 5.02 Å². The molecule has 0 radical (unpaired) electrons. The zero-order valence-corrected chi connectivity index (χ0v) is 24.6. The van der Waals surface area contributed by atoms with Crippen molar-refractivity contribution in [2.45, 2.75) is 37.6 Å². The summed E-state index contributed by atoms with van der Waals surface area (Å²) in [6.45, 7) is 6.38. The molecule has 0 spiro atoms. The second-order valence-corrected chi connectivity index (χ2v) is 10.2. The third-order valence-electron chi connectivity index (χ3n) is 5.90. The van der Waals surface area contributed by atoms with E-state index in [9.17, 15) is 13.6 Å². The third kappa shape index (κ3) is 8.16. The van der Waals surface area contributed by atoms with Gasteiger partial charge in [0.1, 0.15) is 0 Å². The zero-order chi connectivity index (χ0) is 27.1. The van der Waals surface area contributed by atoms with Gasteiger partial charge in [-0.1, -0.05) is 107 Å². The van der Waals surface area contributed by atoms with Gasteiger partial charge in [-0.15, -0.1) is 0 Å². The van der Waals surface area contributed by atoms with Crippen LogP contribution in [0.3, 0.4) is 0 Å². The van der Waals surface area contributed by atoms with Crippen LogP contribution in [0.5, 0.6) is 0 Å². The Kier molecular flexibility index (Phi) is 12.0. The first-order chi connectivity index (χ1) is 17.6. The molecule has 3 atom stereocenters. The molecule has 5 nitrogen and oxygen atoms in total. The minimum atomic E-state index is -2.65. The van der Waals surface area contributed by atoms with Gasteiger partial charge >= 0.3 is 19.5 Å². The Morgan fingerprint density at radius 3 is 1.71 bits per heavy atom. The molecule has 0 fully saturated rings. The monoisotopic (exact) mass is 634 g/mol. The maximum atomic E-state index is 12.0. The number of hydrogen-bond donors (Lipinski definition) is 1. The normalized spacial score (nSPS) is 12.8.